The molecule has 6 heteroatoms. The third kappa shape index (κ3) is 3.20. The van der Waals surface area contributed by atoms with Crippen LogP contribution in [-0.2, 0) is 9.59 Å². The summed E-state index contributed by atoms with van der Waals surface area (Å²) in [5.74, 6) is -2.20. The first-order chi connectivity index (χ1) is 12.4. The number of likely N-dealkylation sites (tertiary alicyclic amines) is 1. The lowest BCUT2D eigenvalue weighted by Gasteiger charge is -2.24. The van der Waals surface area contributed by atoms with Crippen molar-refractivity contribution < 1.29 is 19.1 Å². The minimum atomic E-state index is -0.808. The van der Waals surface area contributed by atoms with Gasteiger partial charge in [-0.25, -0.2) is 4.39 Å². The molecule has 0 saturated carbocycles. The van der Waals surface area contributed by atoms with Gasteiger partial charge in [-0.3, -0.25) is 9.59 Å². The van der Waals surface area contributed by atoms with Crippen LogP contribution >= 0.6 is 15.9 Å². The van der Waals surface area contributed by atoms with Gasteiger partial charge in [-0.15, -0.1) is 6.58 Å². The molecule has 0 radical (unpaired) electrons. The van der Waals surface area contributed by atoms with Crippen molar-refractivity contribution in [2.75, 3.05) is 6.54 Å². The number of hydrogen-bond acceptors (Lipinski definition) is 3. The Labute approximate surface area is 158 Å². The van der Waals surface area contributed by atoms with Crippen molar-refractivity contribution in [3.05, 3.63) is 88.2 Å². The lowest BCUT2D eigenvalue weighted by molar-refractivity contribution is -0.139. The number of halogens is 2. The molecular weight excluding hydrogens is 401 g/mol. The summed E-state index contributed by atoms with van der Waals surface area (Å²) in [4.78, 5) is 26.4. The van der Waals surface area contributed by atoms with Gasteiger partial charge in [0.1, 0.15) is 11.6 Å². The maximum absolute atomic E-state index is 13.3. The number of rotatable bonds is 4. The van der Waals surface area contributed by atoms with E-state index < -0.39 is 23.5 Å². The molecule has 1 aliphatic heterocycles. The SMILES string of the molecule is C=CCN1C(=O)C(=O)/C(=C(/O)c2ccc(Br)cc2)[C@@H]1c1ccc(F)cc1. The Bertz CT molecular complexity index is 904. The molecule has 4 nitrogen and oxygen atoms in total. The van der Waals surface area contributed by atoms with Crippen LogP contribution in [0.3, 0.4) is 0 Å². The van der Waals surface area contributed by atoms with Crippen LogP contribution in [0.25, 0.3) is 5.76 Å². The number of ketones is 1. The summed E-state index contributed by atoms with van der Waals surface area (Å²) >= 11 is 3.31. The summed E-state index contributed by atoms with van der Waals surface area (Å²) in [6, 6.07) is 11.4. The van der Waals surface area contributed by atoms with Crippen molar-refractivity contribution >= 4 is 33.4 Å². The Hall–Kier alpha value is -2.73. The number of hydrogen-bond donors (Lipinski definition) is 1. The zero-order valence-corrected chi connectivity index (χ0v) is 15.2. The average molecular weight is 416 g/mol. The van der Waals surface area contributed by atoms with E-state index in [1.165, 1.54) is 35.2 Å². The number of amides is 1. The largest absolute Gasteiger partial charge is 0.507 e. The molecular formula is C20H15BrFNO3. The normalized spacial score (nSPS) is 19.0. The highest BCUT2D eigenvalue weighted by Crippen LogP contribution is 2.39. The fourth-order valence-corrected chi connectivity index (χ4v) is 3.23. The van der Waals surface area contributed by atoms with E-state index >= 15 is 0 Å². The number of benzene rings is 2. The van der Waals surface area contributed by atoms with Gasteiger partial charge in [0.2, 0.25) is 0 Å². The molecule has 1 fully saturated rings. The average Bonchev–Trinajstić information content (AvgIpc) is 2.88. The molecule has 3 rings (SSSR count). The lowest BCUT2D eigenvalue weighted by atomic mass is 9.95. The van der Waals surface area contributed by atoms with Crippen LogP contribution in [-0.4, -0.2) is 28.2 Å². The second kappa shape index (κ2) is 7.25. The van der Waals surface area contributed by atoms with Crippen LogP contribution in [0, 0.1) is 5.82 Å². The van der Waals surface area contributed by atoms with Crippen LogP contribution in [0.2, 0.25) is 0 Å². The van der Waals surface area contributed by atoms with Gasteiger partial charge in [0, 0.05) is 16.6 Å². The fraction of sp³-hybridized carbons (Fsp3) is 0.100. The zero-order valence-electron chi connectivity index (χ0n) is 13.7. The molecule has 132 valence electrons. The summed E-state index contributed by atoms with van der Waals surface area (Å²) in [5.41, 5.74) is 0.925. The minimum Gasteiger partial charge on any atom is -0.507 e. The van der Waals surface area contributed by atoms with E-state index in [1.54, 1.807) is 24.3 Å². The molecule has 2 aromatic carbocycles. The van der Waals surface area contributed by atoms with E-state index in [9.17, 15) is 19.1 Å². The molecule has 0 aliphatic carbocycles. The summed E-state index contributed by atoms with van der Waals surface area (Å²) in [7, 11) is 0. The Morgan fingerprint density at radius 1 is 1.15 bits per heavy atom. The maximum Gasteiger partial charge on any atom is 0.295 e. The van der Waals surface area contributed by atoms with Gasteiger partial charge in [-0.05, 0) is 29.8 Å². The van der Waals surface area contributed by atoms with Gasteiger partial charge in [0.25, 0.3) is 11.7 Å². The van der Waals surface area contributed by atoms with E-state index in [0.717, 1.165) is 4.47 Å². The Morgan fingerprint density at radius 3 is 2.35 bits per heavy atom. The summed E-state index contributed by atoms with van der Waals surface area (Å²) in [6.45, 7) is 3.74. The van der Waals surface area contributed by atoms with Gasteiger partial charge >= 0.3 is 0 Å². The Balaban J connectivity index is 2.18. The van der Waals surface area contributed by atoms with Gasteiger partial charge in [0.15, 0.2) is 0 Å². The topological polar surface area (TPSA) is 57.6 Å². The number of carbonyl (C=O) groups is 2. The highest BCUT2D eigenvalue weighted by atomic mass is 79.9. The number of aliphatic hydroxyl groups is 1. The highest BCUT2D eigenvalue weighted by Gasteiger charge is 2.45. The van der Waals surface area contributed by atoms with Crippen molar-refractivity contribution in [1.29, 1.82) is 0 Å². The first kappa shape index (κ1) is 18.1. The molecule has 0 bridgehead atoms. The molecule has 0 aromatic heterocycles. The van der Waals surface area contributed by atoms with Gasteiger partial charge in [-0.1, -0.05) is 46.3 Å². The van der Waals surface area contributed by atoms with Crippen molar-refractivity contribution in [2.45, 2.75) is 6.04 Å². The first-order valence-corrected chi connectivity index (χ1v) is 8.64. The fourth-order valence-electron chi connectivity index (χ4n) is 2.96. The zero-order chi connectivity index (χ0) is 18.8. The van der Waals surface area contributed by atoms with Crippen molar-refractivity contribution in [2.24, 2.45) is 0 Å². The van der Waals surface area contributed by atoms with Gasteiger partial charge in [0.05, 0.1) is 11.6 Å². The first-order valence-electron chi connectivity index (χ1n) is 7.84. The van der Waals surface area contributed by atoms with Crippen LogP contribution < -0.4 is 0 Å². The number of carbonyl (C=O) groups excluding carboxylic acids is 2. The highest BCUT2D eigenvalue weighted by molar-refractivity contribution is 9.10. The maximum atomic E-state index is 13.3. The third-order valence-electron chi connectivity index (χ3n) is 4.17. The summed E-state index contributed by atoms with van der Waals surface area (Å²) in [6.07, 6.45) is 1.50. The standard InChI is InChI=1S/C20H15BrFNO3/c1-2-11-23-17(12-5-9-15(22)10-6-12)16(19(25)20(23)26)18(24)13-3-7-14(21)8-4-13/h2-10,17,24H,1,11H2/b18-16+/t17-/m0/s1. The van der Waals surface area contributed by atoms with Crippen LogP contribution in [0.1, 0.15) is 17.2 Å². The van der Waals surface area contributed by atoms with E-state index in [2.05, 4.69) is 22.5 Å². The molecule has 1 aliphatic rings. The van der Waals surface area contributed by atoms with E-state index in [4.69, 9.17) is 0 Å². The monoisotopic (exact) mass is 415 g/mol. The Morgan fingerprint density at radius 2 is 1.77 bits per heavy atom. The molecule has 2 aromatic rings. The van der Waals surface area contributed by atoms with Gasteiger partial charge in [-0.2, -0.15) is 0 Å². The van der Waals surface area contributed by atoms with Gasteiger partial charge < -0.3 is 10.0 Å². The molecule has 26 heavy (non-hydrogen) atoms. The van der Waals surface area contributed by atoms with Crippen LogP contribution in [0.15, 0.2) is 71.2 Å². The summed E-state index contributed by atoms with van der Waals surface area (Å²) in [5, 5.41) is 10.7. The van der Waals surface area contributed by atoms with Crippen molar-refractivity contribution in [3.63, 3.8) is 0 Å². The van der Waals surface area contributed by atoms with E-state index in [0.29, 0.717) is 11.1 Å². The quantitative estimate of drug-likeness (QED) is 0.352. The predicted molar refractivity (Wildman–Crippen MR) is 99.7 cm³/mol. The molecule has 1 heterocycles. The smallest absolute Gasteiger partial charge is 0.295 e. The molecule has 1 N–H and O–H groups in total. The predicted octanol–water partition coefficient (Wildman–Crippen LogP) is 4.20. The molecule has 0 spiro atoms. The molecule has 1 amide bonds. The van der Waals surface area contributed by atoms with Crippen molar-refractivity contribution in [1.82, 2.24) is 4.90 Å². The van der Waals surface area contributed by atoms with E-state index in [-0.39, 0.29) is 17.9 Å². The Kier molecular flexibility index (Phi) is 5.04. The minimum absolute atomic E-state index is 0.0224. The lowest BCUT2D eigenvalue weighted by Crippen LogP contribution is -2.29. The third-order valence-corrected chi connectivity index (χ3v) is 4.70. The second-order valence-corrected chi connectivity index (χ2v) is 6.71. The second-order valence-electron chi connectivity index (χ2n) is 5.80. The number of aliphatic hydroxyl groups excluding tert-OH is 1. The number of nitrogens with zero attached hydrogens (tertiary/aromatic N) is 1. The molecule has 1 atom stereocenters. The number of Topliss-reactive ketones (excluding diaryl/α,β-unsaturated/α-hetero) is 1. The molecule has 0 unspecified atom stereocenters. The van der Waals surface area contributed by atoms with Crippen LogP contribution in [0.5, 0.6) is 0 Å². The van der Waals surface area contributed by atoms with E-state index in [1.807, 2.05) is 0 Å². The summed E-state index contributed by atoms with van der Waals surface area (Å²) < 4.78 is 14.1. The van der Waals surface area contributed by atoms with Crippen molar-refractivity contribution in [3.8, 4) is 0 Å². The van der Waals surface area contributed by atoms with Crippen LogP contribution in [0.4, 0.5) is 4.39 Å². The molecule has 1 saturated heterocycles.